The number of hydrogen-bond donors (Lipinski definition) is 6. The number of halogens is 2. The number of hydrogen-bond acceptors (Lipinski definition) is 6. The van der Waals surface area contributed by atoms with E-state index in [1.165, 1.54) is 0 Å². The molecule has 6 atom stereocenters. The van der Waals surface area contributed by atoms with Gasteiger partial charge in [0.15, 0.2) is 12.1 Å². The van der Waals surface area contributed by atoms with Gasteiger partial charge in [0.25, 0.3) is 5.92 Å². The third kappa shape index (κ3) is 3.40. The molecule has 20 heavy (non-hydrogen) atoms. The maximum atomic E-state index is 13.9. The highest BCUT2D eigenvalue weighted by atomic mass is 19.3. The first-order valence-corrected chi connectivity index (χ1v) is 5.86. The van der Waals surface area contributed by atoms with Crippen molar-refractivity contribution in [3.8, 4) is 0 Å². The second-order valence-corrected chi connectivity index (χ2v) is 4.75. The van der Waals surface area contributed by atoms with Gasteiger partial charge in [-0.25, -0.2) is 13.6 Å². The smallest absolute Gasteiger partial charge is 0.362 e. The molecular weight excluding hydrogens is 284 g/mol. The van der Waals surface area contributed by atoms with Gasteiger partial charge in [-0.15, -0.1) is 0 Å². The molecule has 0 aromatic carbocycles. The van der Waals surface area contributed by atoms with Crippen LogP contribution in [0, 0.1) is 0 Å². The van der Waals surface area contributed by atoms with E-state index >= 15 is 0 Å². The van der Waals surface area contributed by atoms with Crippen LogP contribution in [0.4, 0.5) is 8.78 Å². The standard InChI is InChI=1S/C10H17F2NO7/c11-10(12,1-3(13)9(18)19)8-7(17)6(16)5(15)4(2-14)20-8/h3-8,14-17H,1-2,13H2,(H,18,19)/p+1/t3-,4-,5+,6+,7-,8+/m1/s1. The van der Waals surface area contributed by atoms with Gasteiger partial charge in [0.05, 0.1) is 13.0 Å². The number of alkyl halides is 2. The molecule has 0 amide bonds. The fourth-order valence-corrected chi connectivity index (χ4v) is 1.98. The summed E-state index contributed by atoms with van der Waals surface area (Å²) in [6.07, 6.45) is -10.8. The van der Waals surface area contributed by atoms with Crippen LogP contribution in [0.3, 0.4) is 0 Å². The second kappa shape index (κ2) is 6.24. The molecule has 8 nitrogen and oxygen atoms in total. The van der Waals surface area contributed by atoms with Crippen molar-refractivity contribution in [1.82, 2.24) is 0 Å². The van der Waals surface area contributed by atoms with Gasteiger partial charge in [-0.05, 0) is 0 Å². The maximum Gasteiger partial charge on any atom is 0.362 e. The largest absolute Gasteiger partial charge is 0.477 e. The van der Waals surface area contributed by atoms with Gasteiger partial charge in [0.2, 0.25) is 0 Å². The summed E-state index contributed by atoms with van der Waals surface area (Å²) in [5.41, 5.74) is 3.04. The molecule has 0 spiro atoms. The summed E-state index contributed by atoms with van der Waals surface area (Å²) in [6.45, 7) is -0.843. The van der Waals surface area contributed by atoms with Crippen LogP contribution in [0.25, 0.3) is 0 Å². The molecule has 1 heterocycles. The first-order chi connectivity index (χ1) is 9.11. The van der Waals surface area contributed by atoms with E-state index in [2.05, 4.69) is 5.73 Å². The highest BCUT2D eigenvalue weighted by Gasteiger charge is 2.55. The SMILES string of the molecule is [NH3+][C@H](CC(F)(F)[C@H]1O[C@H](CO)[C@H](O)[C@H](O)[C@H]1O)C(=O)O. The molecule has 0 aromatic rings. The molecule has 0 aliphatic carbocycles. The topological polar surface area (TPSA) is 155 Å². The van der Waals surface area contributed by atoms with Crippen LogP contribution >= 0.6 is 0 Å². The zero-order valence-corrected chi connectivity index (χ0v) is 10.4. The number of carboxylic acid groups (broad SMARTS) is 1. The van der Waals surface area contributed by atoms with Crippen LogP contribution in [-0.2, 0) is 9.53 Å². The number of carboxylic acids is 1. The van der Waals surface area contributed by atoms with Gasteiger partial charge in [0.1, 0.15) is 24.4 Å². The van der Waals surface area contributed by atoms with Crippen molar-refractivity contribution < 1.29 is 49.6 Å². The fourth-order valence-electron chi connectivity index (χ4n) is 1.98. The number of aliphatic hydroxyl groups excluding tert-OH is 4. The highest BCUT2D eigenvalue weighted by molar-refractivity contribution is 5.71. The van der Waals surface area contributed by atoms with Crippen LogP contribution in [0.15, 0.2) is 0 Å². The summed E-state index contributed by atoms with van der Waals surface area (Å²) in [5, 5.41) is 45.9. The Morgan fingerprint density at radius 3 is 2.25 bits per heavy atom. The van der Waals surface area contributed by atoms with E-state index in [1.807, 2.05) is 0 Å². The lowest BCUT2D eigenvalue weighted by Gasteiger charge is -2.42. The quantitative estimate of drug-likeness (QED) is 0.308. The molecule has 10 heteroatoms. The van der Waals surface area contributed by atoms with Crippen LogP contribution in [0.2, 0.25) is 0 Å². The van der Waals surface area contributed by atoms with E-state index in [1.54, 1.807) is 0 Å². The molecular formula is C10H18F2NO7+. The molecule has 8 N–H and O–H groups in total. The lowest BCUT2D eigenvalue weighted by molar-refractivity contribution is -0.420. The van der Waals surface area contributed by atoms with Crippen molar-refractivity contribution >= 4 is 5.97 Å². The minimum atomic E-state index is -3.81. The molecule has 1 rings (SSSR count). The Balaban J connectivity index is 2.89. The van der Waals surface area contributed by atoms with E-state index in [0.29, 0.717) is 0 Å². The van der Waals surface area contributed by atoms with Crippen molar-refractivity contribution in [2.24, 2.45) is 0 Å². The predicted molar refractivity (Wildman–Crippen MR) is 57.6 cm³/mol. The summed E-state index contributed by atoms with van der Waals surface area (Å²) in [7, 11) is 0. The molecule has 1 fully saturated rings. The zero-order valence-electron chi connectivity index (χ0n) is 10.4. The molecule has 0 bridgehead atoms. The van der Waals surface area contributed by atoms with Gasteiger partial charge in [0, 0.05) is 0 Å². The molecule has 0 saturated carbocycles. The average Bonchev–Trinajstić information content (AvgIpc) is 2.35. The van der Waals surface area contributed by atoms with Crippen molar-refractivity contribution in [3.05, 3.63) is 0 Å². The van der Waals surface area contributed by atoms with Gasteiger partial charge in [-0.1, -0.05) is 0 Å². The first-order valence-electron chi connectivity index (χ1n) is 5.86. The summed E-state index contributed by atoms with van der Waals surface area (Å²) in [5.74, 6) is -5.35. The van der Waals surface area contributed by atoms with Crippen molar-refractivity contribution in [3.63, 3.8) is 0 Å². The highest BCUT2D eigenvalue weighted by Crippen LogP contribution is 2.34. The first kappa shape index (κ1) is 17.1. The molecule has 118 valence electrons. The van der Waals surface area contributed by atoms with Crippen molar-refractivity contribution in [2.75, 3.05) is 6.61 Å². The van der Waals surface area contributed by atoms with Crippen LogP contribution in [-0.4, -0.2) is 80.6 Å². The maximum absolute atomic E-state index is 13.9. The minimum absolute atomic E-state index is 0.843. The Hall–Kier alpha value is -0.910. The van der Waals surface area contributed by atoms with E-state index in [0.717, 1.165) is 0 Å². The monoisotopic (exact) mass is 302 g/mol. The van der Waals surface area contributed by atoms with Crippen LogP contribution in [0.1, 0.15) is 6.42 Å². The van der Waals surface area contributed by atoms with Crippen molar-refractivity contribution in [2.45, 2.75) is 48.9 Å². The fraction of sp³-hybridized carbons (Fsp3) is 0.900. The minimum Gasteiger partial charge on any atom is -0.477 e. The van der Waals surface area contributed by atoms with Crippen LogP contribution < -0.4 is 5.73 Å². The van der Waals surface area contributed by atoms with Gasteiger partial charge >= 0.3 is 5.97 Å². The lowest BCUT2D eigenvalue weighted by atomic mass is 9.89. The van der Waals surface area contributed by atoms with E-state index in [4.69, 9.17) is 14.9 Å². The summed E-state index contributed by atoms with van der Waals surface area (Å²) in [4.78, 5) is 10.5. The van der Waals surface area contributed by atoms with E-state index in [-0.39, 0.29) is 0 Å². The third-order valence-corrected chi connectivity index (χ3v) is 3.18. The zero-order chi connectivity index (χ0) is 15.7. The number of ether oxygens (including phenoxy) is 1. The predicted octanol–water partition coefficient (Wildman–Crippen LogP) is -3.45. The summed E-state index contributed by atoms with van der Waals surface area (Å²) < 4.78 is 32.5. The van der Waals surface area contributed by atoms with Gasteiger partial charge in [-0.3, -0.25) is 0 Å². The van der Waals surface area contributed by atoms with Crippen LogP contribution in [0.5, 0.6) is 0 Å². The normalized spacial score (nSPS) is 36.6. The van der Waals surface area contributed by atoms with Crippen molar-refractivity contribution in [1.29, 1.82) is 0 Å². The number of aliphatic carboxylic acids is 1. The Labute approximate surface area is 112 Å². The second-order valence-electron chi connectivity index (χ2n) is 4.75. The molecule has 0 aromatic heterocycles. The number of aliphatic hydroxyl groups is 4. The third-order valence-electron chi connectivity index (χ3n) is 3.18. The van der Waals surface area contributed by atoms with Gasteiger partial charge < -0.3 is 36.0 Å². The molecule has 0 radical (unpaired) electrons. The molecule has 1 saturated heterocycles. The number of rotatable bonds is 5. The molecule has 1 aliphatic rings. The molecule has 1 aliphatic heterocycles. The summed E-state index contributed by atoms with van der Waals surface area (Å²) >= 11 is 0. The number of quaternary nitrogens is 1. The van der Waals surface area contributed by atoms with E-state index < -0.39 is 61.5 Å². The van der Waals surface area contributed by atoms with Gasteiger partial charge in [-0.2, -0.15) is 0 Å². The Morgan fingerprint density at radius 1 is 1.25 bits per heavy atom. The molecule has 0 unspecified atom stereocenters. The Morgan fingerprint density at radius 2 is 1.80 bits per heavy atom. The number of carbonyl (C=O) groups is 1. The summed E-state index contributed by atoms with van der Waals surface area (Å²) in [6, 6.07) is -1.64. The Bertz CT molecular complexity index is 354. The average molecular weight is 302 g/mol. The van der Waals surface area contributed by atoms with E-state index in [9.17, 15) is 28.9 Å². The lowest BCUT2D eigenvalue weighted by Crippen LogP contribution is -2.69. The Kier molecular flexibility index (Phi) is 5.35.